The molecular weight excluding hydrogens is 676 g/mol. The summed E-state index contributed by atoms with van der Waals surface area (Å²) in [6.45, 7) is 7.04. The minimum Gasteiger partial charge on any atom is -0.462 e. The van der Waals surface area contributed by atoms with Crippen molar-refractivity contribution in [1.29, 1.82) is 0 Å². The summed E-state index contributed by atoms with van der Waals surface area (Å²) in [4.78, 5) is 25.6. The number of hydrogen-bond donors (Lipinski definition) is 0. The van der Waals surface area contributed by atoms with Crippen LogP contribution in [0.4, 0.5) is 0 Å². The molecular formula is C39H45BrO4S2. The maximum atomic E-state index is 13.1. The molecule has 0 aliphatic carbocycles. The van der Waals surface area contributed by atoms with Crippen LogP contribution in [0.3, 0.4) is 0 Å². The topological polar surface area (TPSA) is 52.6 Å². The second-order valence-corrected chi connectivity index (χ2v) is 15.4. The second kappa shape index (κ2) is 16.9. The zero-order chi connectivity index (χ0) is 32.5. The molecule has 0 unspecified atom stereocenters. The predicted molar refractivity (Wildman–Crippen MR) is 199 cm³/mol. The summed E-state index contributed by atoms with van der Waals surface area (Å²) in [5.74, 6) is 0.175. The van der Waals surface area contributed by atoms with E-state index in [1.54, 1.807) is 29.5 Å². The van der Waals surface area contributed by atoms with Gasteiger partial charge in [0.25, 0.3) is 0 Å². The monoisotopic (exact) mass is 720 g/mol. The van der Waals surface area contributed by atoms with E-state index in [1.165, 1.54) is 81.8 Å². The van der Waals surface area contributed by atoms with E-state index in [-0.39, 0.29) is 5.97 Å². The smallest absolute Gasteiger partial charge is 0.343 e. The third-order valence-corrected chi connectivity index (χ3v) is 12.0. The normalized spacial score (nSPS) is 12.3. The first kappa shape index (κ1) is 34.6. The van der Waals surface area contributed by atoms with E-state index in [2.05, 4.69) is 54.9 Å². The molecule has 2 heterocycles. The fourth-order valence-electron chi connectivity index (χ4n) is 5.80. The zero-order valence-corrected chi connectivity index (χ0v) is 30.5. The van der Waals surface area contributed by atoms with Crippen LogP contribution in [-0.4, -0.2) is 18.5 Å². The number of carbonyl (C=O) groups excluding carboxylic acids is 2. The minimum absolute atomic E-state index is 0.361. The Hall–Kier alpha value is -2.74. The van der Waals surface area contributed by atoms with Gasteiger partial charge < -0.3 is 9.47 Å². The van der Waals surface area contributed by atoms with Crippen molar-refractivity contribution in [2.75, 3.05) is 6.61 Å². The van der Waals surface area contributed by atoms with Gasteiger partial charge >= 0.3 is 11.9 Å². The number of benzene rings is 3. The molecule has 0 saturated carbocycles. The lowest BCUT2D eigenvalue weighted by molar-refractivity contribution is 0.0494. The Morgan fingerprint density at radius 1 is 0.739 bits per heavy atom. The highest BCUT2D eigenvalue weighted by atomic mass is 79.9. The first-order chi connectivity index (χ1) is 22.4. The van der Waals surface area contributed by atoms with Gasteiger partial charge in [0.1, 0.15) is 5.75 Å². The summed E-state index contributed by atoms with van der Waals surface area (Å²) in [7, 11) is 0. The standard InChI is InChI=1S/C39H45BrO4S2/c1-4-6-7-8-9-10-11-12-15-27-16-19-30-34(23-27)45-37-31-20-17-29(25-35(31)46-36(30)37)39(42)44-33-21-18-28(24-32(33)40)38(41)43-22-13-14-26(3)5-2/h16-21,23-26H,4-15,22H2,1-3H3/t26-/m0/s1. The van der Waals surface area contributed by atoms with Crippen molar-refractivity contribution in [3.63, 3.8) is 0 Å². The highest BCUT2D eigenvalue weighted by molar-refractivity contribution is 9.10. The van der Waals surface area contributed by atoms with Gasteiger partial charge in [-0.15, -0.1) is 22.7 Å². The number of aryl methyl sites for hydroxylation is 1. The van der Waals surface area contributed by atoms with Crippen molar-refractivity contribution in [3.05, 3.63) is 75.8 Å². The number of esters is 2. The van der Waals surface area contributed by atoms with Crippen LogP contribution in [-0.2, 0) is 11.2 Å². The number of unbranched alkanes of at least 4 members (excludes halogenated alkanes) is 7. The molecule has 0 N–H and O–H groups in total. The van der Waals surface area contributed by atoms with Gasteiger partial charge in [-0.25, -0.2) is 9.59 Å². The molecule has 0 amide bonds. The van der Waals surface area contributed by atoms with E-state index in [4.69, 9.17) is 9.47 Å². The number of hydrogen-bond acceptors (Lipinski definition) is 6. The molecule has 2 aromatic heterocycles. The van der Waals surface area contributed by atoms with Crippen LogP contribution in [0.25, 0.3) is 29.6 Å². The Bertz CT molecular complexity index is 1790. The molecule has 244 valence electrons. The zero-order valence-electron chi connectivity index (χ0n) is 27.3. The lowest BCUT2D eigenvalue weighted by Crippen LogP contribution is -2.10. The van der Waals surface area contributed by atoms with E-state index < -0.39 is 5.97 Å². The molecule has 5 aromatic rings. The Morgan fingerprint density at radius 3 is 2.07 bits per heavy atom. The Balaban J connectivity index is 1.19. The summed E-state index contributed by atoms with van der Waals surface area (Å²) >= 11 is 7.04. The molecule has 0 saturated heterocycles. The first-order valence-corrected chi connectivity index (χ1v) is 19.4. The van der Waals surface area contributed by atoms with Gasteiger partial charge in [0, 0.05) is 20.2 Å². The van der Waals surface area contributed by atoms with Crippen LogP contribution in [0.5, 0.6) is 5.75 Å². The van der Waals surface area contributed by atoms with Crippen molar-refractivity contribution < 1.29 is 19.1 Å². The number of fused-ring (bicyclic) bond motifs is 5. The van der Waals surface area contributed by atoms with E-state index in [0.717, 1.165) is 30.4 Å². The van der Waals surface area contributed by atoms with Crippen molar-refractivity contribution in [2.24, 2.45) is 5.92 Å². The molecule has 0 fully saturated rings. The second-order valence-electron chi connectivity index (χ2n) is 12.5. The number of carbonyl (C=O) groups is 2. The SMILES string of the molecule is CCCCCCCCCCc1ccc2c(c1)sc1c3ccc(C(=O)Oc4ccc(C(=O)OCCC[C@@H](C)CC)cc4Br)cc3sc21. The van der Waals surface area contributed by atoms with Gasteiger partial charge in [-0.2, -0.15) is 0 Å². The summed E-state index contributed by atoms with van der Waals surface area (Å²) in [6, 6.07) is 17.7. The predicted octanol–water partition coefficient (Wildman–Crippen LogP) is 12.9. The van der Waals surface area contributed by atoms with E-state index >= 15 is 0 Å². The molecule has 1 atom stereocenters. The van der Waals surface area contributed by atoms with E-state index in [1.807, 2.05) is 29.5 Å². The molecule has 0 bridgehead atoms. The fourth-order valence-corrected chi connectivity index (χ4v) is 9.02. The van der Waals surface area contributed by atoms with Gasteiger partial charge in [-0.05, 0) is 89.5 Å². The highest BCUT2D eigenvalue weighted by Gasteiger charge is 2.18. The largest absolute Gasteiger partial charge is 0.462 e. The lowest BCUT2D eigenvalue weighted by atomic mass is 10.0. The van der Waals surface area contributed by atoms with Crippen LogP contribution in [0.1, 0.15) is 118 Å². The van der Waals surface area contributed by atoms with Crippen LogP contribution < -0.4 is 4.74 Å². The maximum Gasteiger partial charge on any atom is 0.343 e. The minimum atomic E-state index is -0.435. The highest BCUT2D eigenvalue weighted by Crippen LogP contribution is 2.44. The molecule has 7 heteroatoms. The molecule has 0 aliphatic heterocycles. The number of ether oxygens (including phenoxy) is 2. The van der Waals surface area contributed by atoms with Crippen molar-refractivity contribution in [3.8, 4) is 5.75 Å². The maximum absolute atomic E-state index is 13.1. The Kier molecular flexibility index (Phi) is 12.7. The summed E-state index contributed by atoms with van der Waals surface area (Å²) < 4.78 is 16.7. The van der Waals surface area contributed by atoms with Gasteiger partial charge in [-0.1, -0.05) is 90.3 Å². The molecule has 3 aromatic carbocycles. The van der Waals surface area contributed by atoms with Gasteiger partial charge in [-0.3, -0.25) is 0 Å². The van der Waals surface area contributed by atoms with Crippen molar-refractivity contribution in [1.82, 2.24) is 0 Å². The molecule has 5 rings (SSSR count). The van der Waals surface area contributed by atoms with Crippen LogP contribution in [0.2, 0.25) is 0 Å². The van der Waals surface area contributed by atoms with E-state index in [9.17, 15) is 9.59 Å². The quantitative estimate of drug-likeness (QED) is 0.0545. The van der Waals surface area contributed by atoms with Crippen molar-refractivity contribution in [2.45, 2.75) is 97.8 Å². The van der Waals surface area contributed by atoms with Crippen LogP contribution >= 0.6 is 38.6 Å². The average Bonchev–Trinajstić information content (AvgIpc) is 3.60. The number of thiophene rings is 2. The Labute approximate surface area is 289 Å². The fraction of sp³-hybridized carbons (Fsp3) is 0.436. The Morgan fingerprint density at radius 2 is 1.37 bits per heavy atom. The van der Waals surface area contributed by atoms with Crippen LogP contribution in [0.15, 0.2) is 59.1 Å². The van der Waals surface area contributed by atoms with Gasteiger partial charge in [0.15, 0.2) is 0 Å². The first-order valence-electron chi connectivity index (χ1n) is 16.9. The van der Waals surface area contributed by atoms with Gasteiger partial charge in [0.05, 0.1) is 31.6 Å². The molecule has 0 spiro atoms. The third-order valence-electron chi connectivity index (χ3n) is 8.84. The van der Waals surface area contributed by atoms with Gasteiger partial charge in [0.2, 0.25) is 0 Å². The van der Waals surface area contributed by atoms with E-state index in [0.29, 0.717) is 33.9 Å². The summed E-state index contributed by atoms with van der Waals surface area (Å²) in [5, 5.41) is 2.47. The number of halogens is 1. The number of rotatable bonds is 17. The molecule has 0 aliphatic rings. The molecule has 0 radical (unpaired) electrons. The molecule has 4 nitrogen and oxygen atoms in total. The third kappa shape index (κ3) is 8.78. The molecule has 46 heavy (non-hydrogen) atoms. The average molecular weight is 722 g/mol. The van der Waals surface area contributed by atoms with Crippen LogP contribution in [0, 0.1) is 5.92 Å². The summed E-state index contributed by atoms with van der Waals surface area (Å²) in [5.41, 5.74) is 2.34. The lowest BCUT2D eigenvalue weighted by Gasteiger charge is -2.10. The van der Waals surface area contributed by atoms with Crippen molar-refractivity contribution >= 4 is 80.1 Å². The summed E-state index contributed by atoms with van der Waals surface area (Å²) in [6.07, 6.45) is 14.9.